The summed E-state index contributed by atoms with van der Waals surface area (Å²) >= 11 is 0. The molecule has 2 amide bonds. The molecule has 0 aromatic rings. The molecular weight excluding hydrogens is 168 g/mol. The molecule has 0 saturated carbocycles. The van der Waals surface area contributed by atoms with E-state index in [2.05, 4.69) is 0 Å². The van der Waals surface area contributed by atoms with Gasteiger partial charge in [0.2, 0.25) is 11.8 Å². The van der Waals surface area contributed by atoms with E-state index in [0.717, 1.165) is 6.54 Å². The minimum Gasteiger partial charge on any atom is -0.289 e. The van der Waals surface area contributed by atoms with Gasteiger partial charge >= 0.3 is 0 Å². The van der Waals surface area contributed by atoms with Gasteiger partial charge in [-0.2, -0.15) is 0 Å². The number of amides is 2. The van der Waals surface area contributed by atoms with Crippen LogP contribution in [0.25, 0.3) is 0 Å². The summed E-state index contributed by atoms with van der Waals surface area (Å²) in [5, 5.41) is 0. The van der Waals surface area contributed by atoms with E-state index >= 15 is 0 Å². The molecule has 1 fully saturated rings. The number of likely N-dealkylation sites (tertiary alicyclic amines) is 1. The maximum absolute atomic E-state index is 11.4. The van der Waals surface area contributed by atoms with Crippen molar-refractivity contribution in [3.63, 3.8) is 0 Å². The molecule has 1 aliphatic rings. The molecule has 0 aromatic heterocycles. The van der Waals surface area contributed by atoms with Crippen LogP contribution in [0.15, 0.2) is 0 Å². The van der Waals surface area contributed by atoms with Crippen LogP contribution in [0.1, 0.15) is 20.3 Å². The van der Waals surface area contributed by atoms with Crippen LogP contribution in [0, 0.1) is 5.92 Å². The predicted molar refractivity (Wildman–Crippen MR) is 48.8 cm³/mol. The van der Waals surface area contributed by atoms with Gasteiger partial charge in [-0.05, 0) is 13.6 Å². The van der Waals surface area contributed by atoms with Gasteiger partial charge in [-0.25, -0.2) is 0 Å². The van der Waals surface area contributed by atoms with Crippen molar-refractivity contribution in [2.24, 2.45) is 5.92 Å². The fourth-order valence-electron chi connectivity index (χ4n) is 1.34. The minimum absolute atomic E-state index is 0.0368. The normalized spacial score (nSPS) is 23.4. The molecule has 1 saturated heterocycles. The van der Waals surface area contributed by atoms with E-state index in [1.165, 1.54) is 4.90 Å². The number of hydrogen-bond acceptors (Lipinski definition) is 3. The van der Waals surface area contributed by atoms with Gasteiger partial charge in [0.15, 0.2) is 0 Å². The highest BCUT2D eigenvalue weighted by molar-refractivity contribution is 6.03. The Hall–Kier alpha value is -0.900. The molecule has 0 bridgehead atoms. The molecule has 4 nitrogen and oxygen atoms in total. The molecule has 4 heteroatoms. The quantitative estimate of drug-likeness (QED) is 0.592. The van der Waals surface area contributed by atoms with Gasteiger partial charge < -0.3 is 0 Å². The lowest BCUT2D eigenvalue weighted by molar-refractivity contribution is -0.141. The molecule has 74 valence electrons. The SMILES string of the molecule is CCN(C)CN1C(=O)CC(C)C1=O. The molecule has 1 aliphatic heterocycles. The second kappa shape index (κ2) is 3.87. The highest BCUT2D eigenvalue weighted by atomic mass is 16.2. The summed E-state index contributed by atoms with van der Waals surface area (Å²) in [6.07, 6.45) is 0.371. The predicted octanol–water partition coefficient (Wildman–Crippen LogP) is 0.291. The minimum atomic E-state index is -0.127. The van der Waals surface area contributed by atoms with Crippen LogP contribution >= 0.6 is 0 Å². The molecule has 0 radical (unpaired) electrons. The Morgan fingerprint density at radius 3 is 2.54 bits per heavy atom. The summed E-state index contributed by atoms with van der Waals surface area (Å²) in [6.45, 7) is 5.06. The van der Waals surface area contributed by atoms with Crippen LogP contribution < -0.4 is 0 Å². The number of carbonyl (C=O) groups is 2. The molecule has 1 heterocycles. The first kappa shape index (κ1) is 10.2. The van der Waals surface area contributed by atoms with Gasteiger partial charge in [0.25, 0.3) is 0 Å². The summed E-state index contributed by atoms with van der Waals surface area (Å²) in [4.78, 5) is 26.1. The zero-order chi connectivity index (χ0) is 10.0. The van der Waals surface area contributed by atoms with E-state index in [1.807, 2.05) is 18.9 Å². The molecular formula is C9H16N2O2. The number of imide groups is 1. The van der Waals surface area contributed by atoms with Crippen molar-refractivity contribution in [3.8, 4) is 0 Å². The fourth-order valence-corrected chi connectivity index (χ4v) is 1.34. The maximum Gasteiger partial charge on any atom is 0.233 e. The largest absolute Gasteiger partial charge is 0.289 e. The fraction of sp³-hybridized carbons (Fsp3) is 0.778. The monoisotopic (exact) mass is 184 g/mol. The molecule has 13 heavy (non-hydrogen) atoms. The summed E-state index contributed by atoms with van der Waals surface area (Å²) in [6, 6.07) is 0. The van der Waals surface area contributed by atoms with Gasteiger partial charge in [-0.1, -0.05) is 13.8 Å². The Labute approximate surface area is 78.5 Å². The summed E-state index contributed by atoms with van der Waals surface area (Å²) in [5.41, 5.74) is 0. The van der Waals surface area contributed by atoms with Crippen LogP contribution in [-0.2, 0) is 9.59 Å². The third kappa shape index (κ3) is 2.06. The first-order chi connectivity index (χ1) is 6.06. The maximum atomic E-state index is 11.4. The number of nitrogens with zero attached hydrogens (tertiary/aromatic N) is 2. The Balaban J connectivity index is 2.59. The molecule has 1 unspecified atom stereocenters. The summed E-state index contributed by atoms with van der Waals surface area (Å²) in [5.74, 6) is -0.208. The second-order valence-corrected chi connectivity index (χ2v) is 3.58. The molecule has 0 N–H and O–H groups in total. The lowest BCUT2D eigenvalue weighted by atomic mass is 10.1. The highest BCUT2D eigenvalue weighted by Gasteiger charge is 2.35. The third-order valence-corrected chi connectivity index (χ3v) is 2.39. The van der Waals surface area contributed by atoms with Crippen LogP contribution in [0.2, 0.25) is 0 Å². The highest BCUT2D eigenvalue weighted by Crippen LogP contribution is 2.18. The van der Waals surface area contributed by atoms with Crippen LogP contribution in [0.3, 0.4) is 0 Å². The lowest BCUT2D eigenvalue weighted by Gasteiger charge is -2.21. The first-order valence-electron chi connectivity index (χ1n) is 4.59. The average Bonchev–Trinajstić information content (AvgIpc) is 2.32. The smallest absolute Gasteiger partial charge is 0.233 e. The van der Waals surface area contributed by atoms with Gasteiger partial charge in [-0.15, -0.1) is 0 Å². The summed E-state index contributed by atoms with van der Waals surface area (Å²) in [7, 11) is 1.89. The van der Waals surface area contributed by atoms with Gasteiger partial charge in [-0.3, -0.25) is 19.4 Å². The molecule has 0 aliphatic carbocycles. The zero-order valence-corrected chi connectivity index (χ0v) is 8.41. The Bertz CT molecular complexity index is 228. The average molecular weight is 184 g/mol. The van der Waals surface area contributed by atoms with E-state index in [1.54, 1.807) is 6.92 Å². The van der Waals surface area contributed by atoms with Crippen LogP contribution in [-0.4, -0.2) is 41.9 Å². The van der Waals surface area contributed by atoms with E-state index < -0.39 is 0 Å². The number of hydrogen-bond donors (Lipinski definition) is 0. The van der Waals surface area contributed by atoms with E-state index in [-0.39, 0.29) is 17.7 Å². The van der Waals surface area contributed by atoms with Gasteiger partial charge in [0.1, 0.15) is 0 Å². The molecule has 1 atom stereocenters. The van der Waals surface area contributed by atoms with Crippen LogP contribution in [0.5, 0.6) is 0 Å². The molecule has 0 aromatic carbocycles. The Kier molecular flexibility index (Phi) is 3.03. The van der Waals surface area contributed by atoms with E-state index in [4.69, 9.17) is 0 Å². The van der Waals surface area contributed by atoms with Gasteiger partial charge in [0, 0.05) is 12.3 Å². The van der Waals surface area contributed by atoms with E-state index in [9.17, 15) is 9.59 Å². The Morgan fingerprint density at radius 1 is 1.54 bits per heavy atom. The topological polar surface area (TPSA) is 40.6 Å². The Morgan fingerprint density at radius 2 is 2.15 bits per heavy atom. The number of rotatable bonds is 3. The third-order valence-electron chi connectivity index (χ3n) is 2.39. The van der Waals surface area contributed by atoms with Crippen molar-refractivity contribution in [2.45, 2.75) is 20.3 Å². The standard InChI is InChI=1S/C9H16N2O2/c1-4-10(3)6-11-8(12)5-7(2)9(11)13/h7H,4-6H2,1-3H3. The summed E-state index contributed by atoms with van der Waals surface area (Å²) < 4.78 is 0. The first-order valence-corrected chi connectivity index (χ1v) is 4.59. The van der Waals surface area contributed by atoms with Gasteiger partial charge in [0.05, 0.1) is 6.67 Å². The van der Waals surface area contributed by atoms with Crippen LogP contribution in [0.4, 0.5) is 0 Å². The second-order valence-electron chi connectivity index (χ2n) is 3.58. The van der Waals surface area contributed by atoms with Crippen molar-refractivity contribution < 1.29 is 9.59 Å². The molecule has 0 spiro atoms. The zero-order valence-electron chi connectivity index (χ0n) is 8.41. The van der Waals surface area contributed by atoms with Crippen molar-refractivity contribution in [3.05, 3.63) is 0 Å². The number of carbonyl (C=O) groups excluding carboxylic acids is 2. The van der Waals surface area contributed by atoms with E-state index in [0.29, 0.717) is 13.1 Å². The van der Waals surface area contributed by atoms with Crippen molar-refractivity contribution >= 4 is 11.8 Å². The molecule has 1 rings (SSSR count). The lowest BCUT2D eigenvalue weighted by Crippen LogP contribution is -2.39. The van der Waals surface area contributed by atoms with Crippen molar-refractivity contribution in [2.75, 3.05) is 20.3 Å². The van der Waals surface area contributed by atoms with Crippen molar-refractivity contribution in [1.29, 1.82) is 0 Å². The van der Waals surface area contributed by atoms with Crippen molar-refractivity contribution in [1.82, 2.24) is 9.80 Å².